The molecule has 2 atom stereocenters. The minimum atomic E-state index is -3.13. The van der Waals surface area contributed by atoms with Gasteiger partial charge in [-0.15, -0.1) is 0 Å². The summed E-state index contributed by atoms with van der Waals surface area (Å²) >= 11 is 0. The molecule has 0 amide bonds. The number of nitrogens with zero attached hydrogens (tertiary/aromatic N) is 2. The fraction of sp³-hybridized carbons (Fsp3) is 0.706. The van der Waals surface area contributed by atoms with Crippen LogP contribution < -0.4 is 4.72 Å². The highest BCUT2D eigenvalue weighted by Gasteiger charge is 2.47. The summed E-state index contributed by atoms with van der Waals surface area (Å²) < 4.78 is 32.0. The van der Waals surface area contributed by atoms with E-state index < -0.39 is 10.0 Å². The van der Waals surface area contributed by atoms with Crippen LogP contribution in [0.25, 0.3) is 0 Å². The predicted octanol–water partition coefficient (Wildman–Crippen LogP) is 1.39. The van der Waals surface area contributed by atoms with E-state index in [4.69, 9.17) is 4.74 Å². The van der Waals surface area contributed by atoms with Crippen molar-refractivity contribution in [3.05, 3.63) is 30.1 Å². The molecule has 0 spiro atoms. The molecule has 1 N–H and O–H groups in total. The minimum absolute atomic E-state index is 0.0710. The molecule has 0 unspecified atom stereocenters. The summed E-state index contributed by atoms with van der Waals surface area (Å²) in [6, 6.07) is 4.11. The third kappa shape index (κ3) is 4.14. The predicted molar refractivity (Wildman–Crippen MR) is 93.0 cm³/mol. The van der Waals surface area contributed by atoms with E-state index in [0.717, 1.165) is 45.5 Å². The molecule has 0 aromatic carbocycles. The maximum absolute atomic E-state index is 11.7. The fourth-order valence-corrected chi connectivity index (χ4v) is 4.56. The van der Waals surface area contributed by atoms with Crippen LogP contribution in [0.3, 0.4) is 0 Å². The van der Waals surface area contributed by atoms with Gasteiger partial charge in [0.15, 0.2) is 0 Å². The van der Waals surface area contributed by atoms with E-state index in [9.17, 15) is 8.42 Å². The van der Waals surface area contributed by atoms with Crippen molar-refractivity contribution >= 4 is 10.0 Å². The molecule has 0 radical (unpaired) electrons. The Kier molecular flexibility index (Phi) is 5.54. The molecule has 2 aliphatic rings. The topological polar surface area (TPSA) is 71.5 Å². The monoisotopic (exact) mass is 353 g/mol. The van der Waals surface area contributed by atoms with Gasteiger partial charge in [0.05, 0.1) is 11.9 Å². The molecule has 24 heavy (non-hydrogen) atoms. The summed E-state index contributed by atoms with van der Waals surface area (Å²) in [5, 5.41) is 0. The molecule has 2 fully saturated rings. The van der Waals surface area contributed by atoms with E-state index in [1.165, 1.54) is 5.56 Å². The van der Waals surface area contributed by atoms with Crippen molar-refractivity contribution in [3.8, 4) is 0 Å². The Bertz CT molecular complexity index is 638. The number of hydrogen-bond donors (Lipinski definition) is 1. The second-order valence-corrected chi connectivity index (χ2v) is 8.97. The van der Waals surface area contributed by atoms with Gasteiger partial charge < -0.3 is 4.74 Å². The lowest BCUT2D eigenvalue weighted by Gasteiger charge is -2.44. The summed E-state index contributed by atoms with van der Waals surface area (Å²) in [5.41, 5.74) is 1.34. The van der Waals surface area contributed by atoms with Gasteiger partial charge in [-0.05, 0) is 43.9 Å². The number of ether oxygens (including phenoxy) is 1. The van der Waals surface area contributed by atoms with E-state index in [1.807, 2.05) is 12.4 Å². The third-order valence-electron chi connectivity index (χ3n) is 5.33. The van der Waals surface area contributed by atoms with Gasteiger partial charge in [0.2, 0.25) is 10.0 Å². The Morgan fingerprint density at radius 2 is 2.21 bits per heavy atom. The molecule has 6 nitrogen and oxygen atoms in total. The lowest BCUT2D eigenvalue weighted by molar-refractivity contribution is -0.0236. The first-order valence-electron chi connectivity index (χ1n) is 8.73. The molecule has 7 heteroatoms. The number of aromatic nitrogens is 1. The smallest absolute Gasteiger partial charge is 0.211 e. The largest absolute Gasteiger partial charge is 0.378 e. The van der Waals surface area contributed by atoms with Crippen molar-refractivity contribution in [3.63, 3.8) is 0 Å². The first-order valence-corrected chi connectivity index (χ1v) is 10.4. The van der Waals surface area contributed by atoms with Gasteiger partial charge in [0.1, 0.15) is 0 Å². The van der Waals surface area contributed by atoms with Gasteiger partial charge in [-0.2, -0.15) is 0 Å². The van der Waals surface area contributed by atoms with Crippen molar-refractivity contribution in [1.29, 1.82) is 0 Å². The van der Waals surface area contributed by atoms with Crippen LogP contribution in [-0.4, -0.2) is 56.4 Å². The lowest BCUT2D eigenvalue weighted by Crippen LogP contribution is -2.50. The standard InChI is InChI=1S/C17H27N3O3S/c1-2-24(21,22)19-10-6-17-7-12-23-16(17)5-11-20(14-17)13-15-3-8-18-9-4-15/h3-4,8-9,16,19H,2,5-7,10-14H2,1H3/t16-,17+/m0/s1. The number of rotatable bonds is 7. The summed E-state index contributed by atoms with van der Waals surface area (Å²) in [6.07, 6.45) is 6.79. The van der Waals surface area contributed by atoms with Crippen LogP contribution in [0.15, 0.2) is 24.5 Å². The van der Waals surface area contributed by atoms with Crippen LogP contribution in [-0.2, 0) is 21.3 Å². The fourth-order valence-electron chi connectivity index (χ4n) is 3.94. The zero-order valence-corrected chi connectivity index (χ0v) is 15.1. The first-order chi connectivity index (χ1) is 11.5. The normalized spacial score (nSPS) is 28.0. The summed E-state index contributed by atoms with van der Waals surface area (Å²) in [7, 11) is -3.13. The summed E-state index contributed by atoms with van der Waals surface area (Å²) in [4.78, 5) is 6.54. The SMILES string of the molecule is CCS(=O)(=O)NCC[C@]12CCO[C@H]1CCN(Cc1ccncc1)C2. The first kappa shape index (κ1) is 17.8. The second kappa shape index (κ2) is 7.47. The van der Waals surface area contributed by atoms with Gasteiger partial charge in [0, 0.05) is 50.6 Å². The lowest BCUT2D eigenvalue weighted by atomic mass is 9.74. The van der Waals surface area contributed by atoms with Crippen LogP contribution in [0.4, 0.5) is 0 Å². The average Bonchev–Trinajstić information content (AvgIpc) is 2.98. The van der Waals surface area contributed by atoms with Crippen molar-refractivity contribution in [2.24, 2.45) is 5.41 Å². The minimum Gasteiger partial charge on any atom is -0.378 e. The molecule has 1 aromatic heterocycles. The molecule has 3 rings (SSSR count). The highest BCUT2D eigenvalue weighted by Crippen LogP contribution is 2.43. The van der Waals surface area contributed by atoms with Crippen LogP contribution in [0.2, 0.25) is 0 Å². The van der Waals surface area contributed by atoms with Crippen molar-refractivity contribution in [2.45, 2.75) is 38.8 Å². The number of pyridine rings is 1. The molecular formula is C17H27N3O3S. The Labute approximate surface area is 144 Å². The van der Waals surface area contributed by atoms with Crippen molar-refractivity contribution in [2.75, 3.05) is 32.0 Å². The Hall–Kier alpha value is -1.02. The average molecular weight is 353 g/mol. The third-order valence-corrected chi connectivity index (χ3v) is 6.73. The van der Waals surface area contributed by atoms with E-state index in [0.29, 0.717) is 6.54 Å². The van der Waals surface area contributed by atoms with Crippen LogP contribution in [0.1, 0.15) is 31.7 Å². The molecule has 134 valence electrons. The van der Waals surface area contributed by atoms with Crippen LogP contribution >= 0.6 is 0 Å². The van der Waals surface area contributed by atoms with Gasteiger partial charge in [-0.3, -0.25) is 9.88 Å². The second-order valence-electron chi connectivity index (χ2n) is 6.87. The molecule has 1 aromatic rings. The van der Waals surface area contributed by atoms with Crippen molar-refractivity contribution < 1.29 is 13.2 Å². The zero-order valence-electron chi connectivity index (χ0n) is 14.3. The quantitative estimate of drug-likeness (QED) is 0.802. The van der Waals surface area contributed by atoms with E-state index in [2.05, 4.69) is 26.7 Å². The van der Waals surface area contributed by atoms with E-state index in [-0.39, 0.29) is 17.3 Å². The number of hydrogen-bond acceptors (Lipinski definition) is 5. The van der Waals surface area contributed by atoms with Crippen LogP contribution in [0, 0.1) is 5.41 Å². The maximum Gasteiger partial charge on any atom is 0.211 e. The number of piperidine rings is 1. The molecule has 2 aliphatic heterocycles. The highest BCUT2D eigenvalue weighted by molar-refractivity contribution is 7.89. The van der Waals surface area contributed by atoms with Crippen LogP contribution in [0.5, 0.6) is 0 Å². The van der Waals surface area contributed by atoms with Gasteiger partial charge in [0.25, 0.3) is 0 Å². The summed E-state index contributed by atoms with van der Waals surface area (Å²) in [6.45, 7) is 5.85. The van der Waals surface area contributed by atoms with Gasteiger partial charge in [-0.1, -0.05) is 0 Å². The molecule has 0 bridgehead atoms. The van der Waals surface area contributed by atoms with Crippen molar-refractivity contribution in [1.82, 2.24) is 14.6 Å². The highest BCUT2D eigenvalue weighted by atomic mass is 32.2. The summed E-state index contributed by atoms with van der Waals surface area (Å²) in [5.74, 6) is 0.133. The van der Waals surface area contributed by atoms with Gasteiger partial charge in [-0.25, -0.2) is 13.1 Å². The Morgan fingerprint density at radius 3 is 2.96 bits per heavy atom. The maximum atomic E-state index is 11.7. The molecule has 3 heterocycles. The number of likely N-dealkylation sites (tertiary alicyclic amines) is 1. The number of sulfonamides is 1. The molecule has 2 saturated heterocycles. The Morgan fingerprint density at radius 1 is 1.42 bits per heavy atom. The van der Waals surface area contributed by atoms with E-state index in [1.54, 1.807) is 6.92 Å². The Balaban J connectivity index is 1.63. The number of nitrogens with one attached hydrogen (secondary N) is 1. The number of fused-ring (bicyclic) bond motifs is 1. The molecular weight excluding hydrogens is 326 g/mol. The molecule has 0 saturated carbocycles. The zero-order chi connectivity index (χ0) is 17.0. The van der Waals surface area contributed by atoms with Gasteiger partial charge >= 0.3 is 0 Å². The molecule has 0 aliphatic carbocycles. The van der Waals surface area contributed by atoms with E-state index >= 15 is 0 Å².